The van der Waals surface area contributed by atoms with Crippen LogP contribution in [0.15, 0.2) is 50.9 Å². The first-order valence-electron chi connectivity index (χ1n) is 6.84. The van der Waals surface area contributed by atoms with Crippen LogP contribution in [0.1, 0.15) is 20.7 Å². The second-order valence-corrected chi connectivity index (χ2v) is 9.32. The molecule has 1 N–H and O–H groups in total. The lowest BCUT2D eigenvalue weighted by Gasteiger charge is -2.16. The quantitative estimate of drug-likeness (QED) is 0.534. The molecule has 110 valence electrons. The Bertz CT molecular complexity index is 643. The van der Waals surface area contributed by atoms with E-state index in [0.717, 1.165) is 19.4 Å². The number of hydrogen-bond donors (Lipinski definition) is 1. The maximum atomic E-state index is 3.73. The Morgan fingerprint density at radius 2 is 1.86 bits per heavy atom. The zero-order valence-corrected chi connectivity index (χ0v) is 15.5. The summed E-state index contributed by atoms with van der Waals surface area (Å²) in [6.07, 6.45) is 2.16. The van der Waals surface area contributed by atoms with Gasteiger partial charge in [0, 0.05) is 33.6 Å². The van der Waals surface area contributed by atoms with Gasteiger partial charge in [0.05, 0.1) is 3.79 Å². The molecule has 0 saturated heterocycles. The summed E-state index contributed by atoms with van der Waals surface area (Å²) in [5.41, 5.74) is 0. The standard InChI is InChI=1S/C16H16BrNS3/c17-16-6-5-12(21-16)7-8-18-14(15-4-2-10-20-15)11-13-3-1-9-19-13/h1-6,9-10,14,18H,7-8,11H2. The van der Waals surface area contributed by atoms with E-state index in [-0.39, 0.29) is 0 Å². The van der Waals surface area contributed by atoms with Crippen LogP contribution in [0.5, 0.6) is 0 Å². The van der Waals surface area contributed by atoms with Crippen molar-refractivity contribution >= 4 is 49.9 Å². The minimum atomic E-state index is 0.423. The van der Waals surface area contributed by atoms with Crippen LogP contribution < -0.4 is 5.32 Å². The third-order valence-electron chi connectivity index (χ3n) is 3.26. The molecular weight excluding hydrogens is 382 g/mol. The van der Waals surface area contributed by atoms with E-state index < -0.39 is 0 Å². The number of rotatable bonds is 7. The Morgan fingerprint density at radius 3 is 2.52 bits per heavy atom. The lowest BCUT2D eigenvalue weighted by Crippen LogP contribution is -2.24. The molecule has 21 heavy (non-hydrogen) atoms. The molecule has 1 atom stereocenters. The zero-order chi connectivity index (χ0) is 14.5. The Morgan fingerprint density at radius 1 is 1.00 bits per heavy atom. The van der Waals surface area contributed by atoms with E-state index in [1.165, 1.54) is 18.4 Å². The van der Waals surface area contributed by atoms with Gasteiger partial charge in [-0.15, -0.1) is 34.0 Å². The van der Waals surface area contributed by atoms with Crippen molar-refractivity contribution in [1.29, 1.82) is 0 Å². The second-order valence-electron chi connectivity index (χ2n) is 4.76. The molecule has 0 aliphatic rings. The molecule has 5 heteroatoms. The molecule has 3 aromatic rings. The predicted molar refractivity (Wildman–Crippen MR) is 98.8 cm³/mol. The lowest BCUT2D eigenvalue weighted by molar-refractivity contribution is 0.546. The first-order valence-corrected chi connectivity index (χ1v) is 10.2. The fourth-order valence-electron chi connectivity index (χ4n) is 2.25. The Hall–Kier alpha value is -0.460. The van der Waals surface area contributed by atoms with Gasteiger partial charge in [-0.05, 0) is 57.4 Å². The van der Waals surface area contributed by atoms with Gasteiger partial charge in [0.1, 0.15) is 0 Å². The van der Waals surface area contributed by atoms with E-state index in [1.54, 1.807) is 0 Å². The van der Waals surface area contributed by atoms with Crippen molar-refractivity contribution in [1.82, 2.24) is 5.32 Å². The topological polar surface area (TPSA) is 12.0 Å². The summed E-state index contributed by atoms with van der Waals surface area (Å²) in [5, 5.41) is 8.04. The minimum Gasteiger partial charge on any atom is -0.309 e. The molecule has 3 rings (SSSR count). The normalized spacial score (nSPS) is 12.6. The lowest BCUT2D eigenvalue weighted by atomic mass is 10.1. The van der Waals surface area contributed by atoms with E-state index in [2.05, 4.69) is 68.4 Å². The summed E-state index contributed by atoms with van der Waals surface area (Å²) in [4.78, 5) is 4.30. The SMILES string of the molecule is Brc1ccc(CCNC(Cc2cccs2)c2cccs2)s1. The Labute approximate surface area is 145 Å². The number of thiophene rings is 3. The summed E-state index contributed by atoms with van der Waals surface area (Å²) < 4.78 is 1.21. The maximum Gasteiger partial charge on any atom is 0.0701 e. The molecule has 0 spiro atoms. The maximum absolute atomic E-state index is 3.73. The van der Waals surface area contributed by atoms with Gasteiger partial charge in [-0.3, -0.25) is 0 Å². The van der Waals surface area contributed by atoms with Crippen LogP contribution in [0.25, 0.3) is 0 Å². The van der Waals surface area contributed by atoms with E-state index in [4.69, 9.17) is 0 Å². The van der Waals surface area contributed by atoms with Crippen molar-refractivity contribution in [2.75, 3.05) is 6.54 Å². The van der Waals surface area contributed by atoms with Crippen LogP contribution in [-0.4, -0.2) is 6.54 Å². The summed E-state index contributed by atoms with van der Waals surface area (Å²) >= 11 is 9.03. The van der Waals surface area contributed by atoms with Gasteiger partial charge in [0.15, 0.2) is 0 Å². The average molecular weight is 398 g/mol. The van der Waals surface area contributed by atoms with Gasteiger partial charge >= 0.3 is 0 Å². The van der Waals surface area contributed by atoms with Gasteiger partial charge in [0.25, 0.3) is 0 Å². The van der Waals surface area contributed by atoms with E-state index >= 15 is 0 Å². The fourth-order valence-corrected chi connectivity index (χ4v) is 5.29. The van der Waals surface area contributed by atoms with Crippen molar-refractivity contribution in [2.24, 2.45) is 0 Å². The fraction of sp³-hybridized carbons (Fsp3) is 0.250. The molecule has 1 nitrogen and oxygen atoms in total. The first kappa shape index (κ1) is 15.4. The molecule has 0 aliphatic carbocycles. The predicted octanol–water partition coefficient (Wildman–Crippen LogP) is 5.75. The number of nitrogens with one attached hydrogen (secondary N) is 1. The van der Waals surface area contributed by atoms with E-state index in [9.17, 15) is 0 Å². The molecule has 0 saturated carbocycles. The van der Waals surface area contributed by atoms with Crippen LogP contribution >= 0.6 is 49.9 Å². The number of halogens is 1. The third-order valence-corrected chi connectivity index (χ3v) is 6.83. The molecule has 1 unspecified atom stereocenters. The highest BCUT2D eigenvalue weighted by molar-refractivity contribution is 9.11. The van der Waals surface area contributed by atoms with E-state index in [1.807, 2.05) is 34.0 Å². The molecule has 0 bridgehead atoms. The summed E-state index contributed by atoms with van der Waals surface area (Å²) in [5.74, 6) is 0. The van der Waals surface area contributed by atoms with Crippen molar-refractivity contribution < 1.29 is 0 Å². The molecule has 3 aromatic heterocycles. The van der Waals surface area contributed by atoms with Crippen molar-refractivity contribution in [3.05, 3.63) is 65.6 Å². The highest BCUT2D eigenvalue weighted by atomic mass is 79.9. The largest absolute Gasteiger partial charge is 0.309 e. The molecule has 0 fully saturated rings. The van der Waals surface area contributed by atoms with Gasteiger partial charge in [0.2, 0.25) is 0 Å². The van der Waals surface area contributed by atoms with E-state index in [0.29, 0.717) is 6.04 Å². The summed E-state index contributed by atoms with van der Waals surface area (Å²) in [7, 11) is 0. The molecule has 0 radical (unpaired) electrons. The van der Waals surface area contributed by atoms with Crippen LogP contribution in [0.2, 0.25) is 0 Å². The smallest absolute Gasteiger partial charge is 0.0701 e. The molecule has 0 aliphatic heterocycles. The monoisotopic (exact) mass is 397 g/mol. The average Bonchev–Trinajstić information content (AvgIpc) is 3.19. The van der Waals surface area contributed by atoms with Crippen LogP contribution in [0.3, 0.4) is 0 Å². The molecule has 0 aromatic carbocycles. The van der Waals surface area contributed by atoms with Gasteiger partial charge in [-0.25, -0.2) is 0 Å². The highest BCUT2D eigenvalue weighted by Crippen LogP contribution is 2.26. The Kier molecular flexibility index (Phi) is 5.66. The van der Waals surface area contributed by atoms with Gasteiger partial charge in [-0.1, -0.05) is 12.1 Å². The zero-order valence-electron chi connectivity index (χ0n) is 11.4. The molecule has 3 heterocycles. The van der Waals surface area contributed by atoms with Gasteiger partial charge < -0.3 is 5.32 Å². The van der Waals surface area contributed by atoms with Crippen molar-refractivity contribution in [2.45, 2.75) is 18.9 Å². The highest BCUT2D eigenvalue weighted by Gasteiger charge is 2.13. The molecule has 0 amide bonds. The summed E-state index contributed by atoms with van der Waals surface area (Å²) in [6, 6.07) is 13.5. The minimum absolute atomic E-state index is 0.423. The van der Waals surface area contributed by atoms with Crippen molar-refractivity contribution in [3.8, 4) is 0 Å². The first-order chi connectivity index (χ1) is 10.3. The van der Waals surface area contributed by atoms with Gasteiger partial charge in [-0.2, -0.15) is 0 Å². The third kappa shape index (κ3) is 4.50. The molecular formula is C16H16BrNS3. The van der Waals surface area contributed by atoms with Crippen LogP contribution in [0, 0.1) is 0 Å². The second kappa shape index (κ2) is 7.70. The van der Waals surface area contributed by atoms with Crippen LogP contribution in [0.4, 0.5) is 0 Å². The van der Waals surface area contributed by atoms with Crippen LogP contribution in [-0.2, 0) is 12.8 Å². The summed E-state index contributed by atoms with van der Waals surface area (Å²) in [6.45, 7) is 1.01. The number of hydrogen-bond acceptors (Lipinski definition) is 4. The van der Waals surface area contributed by atoms with Crippen molar-refractivity contribution in [3.63, 3.8) is 0 Å². The Balaban J connectivity index is 1.59.